The number of benzene rings is 1. The highest BCUT2D eigenvalue weighted by molar-refractivity contribution is 6.02. The Balaban J connectivity index is 2.72. The standard InChI is InChI=1S/C14H16N2O4/c1-2-16-10-6-4-3-5-9(10)12(18)11(14(16)20)13(19)15-7-8-17/h3-6,17-18H,2,7-8H2,1H3,(H,15,19). The highest BCUT2D eigenvalue weighted by Gasteiger charge is 2.21. The van der Waals surface area contributed by atoms with Crippen molar-refractivity contribution in [2.75, 3.05) is 13.2 Å². The average molecular weight is 276 g/mol. The van der Waals surface area contributed by atoms with Crippen LogP contribution in [-0.4, -0.2) is 33.8 Å². The Hall–Kier alpha value is -2.34. The minimum Gasteiger partial charge on any atom is -0.506 e. The third kappa shape index (κ3) is 2.25. The smallest absolute Gasteiger partial charge is 0.267 e. The molecule has 0 saturated heterocycles. The molecular weight excluding hydrogens is 260 g/mol. The fraction of sp³-hybridized carbons (Fsp3) is 0.286. The molecule has 1 aromatic carbocycles. The summed E-state index contributed by atoms with van der Waals surface area (Å²) in [5.41, 5.74) is -0.255. The van der Waals surface area contributed by atoms with E-state index in [1.165, 1.54) is 4.57 Å². The summed E-state index contributed by atoms with van der Waals surface area (Å²) >= 11 is 0. The second-order valence-electron chi connectivity index (χ2n) is 4.27. The zero-order chi connectivity index (χ0) is 14.7. The van der Waals surface area contributed by atoms with E-state index in [1.807, 2.05) is 0 Å². The van der Waals surface area contributed by atoms with E-state index in [0.29, 0.717) is 17.4 Å². The van der Waals surface area contributed by atoms with Gasteiger partial charge in [0.05, 0.1) is 12.1 Å². The number of aromatic hydroxyl groups is 1. The van der Waals surface area contributed by atoms with Crippen molar-refractivity contribution in [2.24, 2.45) is 0 Å². The first-order valence-corrected chi connectivity index (χ1v) is 6.35. The van der Waals surface area contributed by atoms with Gasteiger partial charge < -0.3 is 20.1 Å². The molecule has 0 atom stereocenters. The van der Waals surface area contributed by atoms with E-state index < -0.39 is 11.5 Å². The molecule has 0 aliphatic carbocycles. The van der Waals surface area contributed by atoms with E-state index in [1.54, 1.807) is 31.2 Å². The number of amides is 1. The van der Waals surface area contributed by atoms with Gasteiger partial charge in [-0.25, -0.2) is 0 Å². The molecule has 0 saturated carbocycles. The van der Waals surface area contributed by atoms with E-state index >= 15 is 0 Å². The van der Waals surface area contributed by atoms with Crippen LogP contribution in [0.25, 0.3) is 10.9 Å². The molecule has 20 heavy (non-hydrogen) atoms. The van der Waals surface area contributed by atoms with Crippen LogP contribution in [0.4, 0.5) is 0 Å². The monoisotopic (exact) mass is 276 g/mol. The molecule has 0 radical (unpaired) electrons. The van der Waals surface area contributed by atoms with Crippen LogP contribution in [-0.2, 0) is 6.54 Å². The normalized spacial score (nSPS) is 10.7. The molecule has 0 fully saturated rings. The summed E-state index contributed by atoms with van der Waals surface area (Å²) in [5, 5.41) is 21.7. The summed E-state index contributed by atoms with van der Waals surface area (Å²) in [4.78, 5) is 24.3. The van der Waals surface area contributed by atoms with Crippen molar-refractivity contribution in [1.82, 2.24) is 9.88 Å². The molecule has 3 N–H and O–H groups in total. The molecule has 0 spiro atoms. The predicted molar refractivity (Wildman–Crippen MR) is 75.0 cm³/mol. The molecule has 6 heteroatoms. The fourth-order valence-corrected chi connectivity index (χ4v) is 2.17. The number of aromatic nitrogens is 1. The molecule has 0 bridgehead atoms. The summed E-state index contributed by atoms with van der Waals surface area (Å²) in [6.45, 7) is 1.97. The first-order valence-electron chi connectivity index (χ1n) is 6.35. The minimum atomic E-state index is -0.686. The van der Waals surface area contributed by atoms with Crippen molar-refractivity contribution < 1.29 is 15.0 Å². The number of pyridine rings is 1. The summed E-state index contributed by atoms with van der Waals surface area (Å²) in [7, 11) is 0. The topological polar surface area (TPSA) is 91.6 Å². The Kier molecular flexibility index (Phi) is 4.05. The molecule has 6 nitrogen and oxygen atoms in total. The third-order valence-electron chi connectivity index (χ3n) is 3.09. The number of nitrogens with one attached hydrogen (secondary N) is 1. The van der Waals surface area contributed by atoms with Crippen LogP contribution >= 0.6 is 0 Å². The second kappa shape index (κ2) is 5.75. The quantitative estimate of drug-likeness (QED) is 0.756. The highest BCUT2D eigenvalue weighted by Crippen LogP contribution is 2.25. The first kappa shape index (κ1) is 14.1. The Morgan fingerprint density at radius 3 is 2.70 bits per heavy atom. The van der Waals surface area contributed by atoms with Gasteiger partial charge >= 0.3 is 0 Å². The fourth-order valence-electron chi connectivity index (χ4n) is 2.17. The zero-order valence-corrected chi connectivity index (χ0v) is 11.1. The van der Waals surface area contributed by atoms with Gasteiger partial charge in [0.15, 0.2) is 0 Å². The van der Waals surface area contributed by atoms with Crippen molar-refractivity contribution in [3.63, 3.8) is 0 Å². The van der Waals surface area contributed by atoms with Crippen LogP contribution in [0.5, 0.6) is 5.75 Å². The lowest BCUT2D eigenvalue weighted by atomic mass is 10.1. The van der Waals surface area contributed by atoms with Crippen LogP contribution in [0, 0.1) is 0 Å². The highest BCUT2D eigenvalue weighted by atomic mass is 16.3. The number of aliphatic hydroxyl groups excluding tert-OH is 1. The molecular formula is C14H16N2O4. The number of carbonyl (C=O) groups is 1. The average Bonchev–Trinajstić information content (AvgIpc) is 2.46. The SMILES string of the molecule is CCn1c(=O)c(C(=O)NCCO)c(O)c2ccccc21. The molecule has 0 unspecified atom stereocenters. The number of nitrogens with zero attached hydrogens (tertiary/aromatic N) is 1. The molecule has 1 amide bonds. The van der Waals surface area contributed by atoms with Crippen LogP contribution in [0.2, 0.25) is 0 Å². The second-order valence-corrected chi connectivity index (χ2v) is 4.27. The van der Waals surface area contributed by atoms with Crippen molar-refractivity contribution >= 4 is 16.8 Å². The number of carbonyl (C=O) groups excluding carboxylic acids is 1. The maximum absolute atomic E-state index is 12.3. The number of aryl methyl sites for hydroxylation is 1. The van der Waals surface area contributed by atoms with E-state index in [9.17, 15) is 14.7 Å². The number of rotatable bonds is 4. The summed E-state index contributed by atoms with van der Waals surface area (Å²) in [6, 6.07) is 6.86. The van der Waals surface area contributed by atoms with Crippen molar-refractivity contribution in [2.45, 2.75) is 13.5 Å². The maximum Gasteiger partial charge on any atom is 0.267 e. The van der Waals surface area contributed by atoms with Crippen molar-refractivity contribution in [3.05, 3.63) is 40.2 Å². The van der Waals surface area contributed by atoms with E-state index in [2.05, 4.69) is 5.32 Å². The summed E-state index contributed by atoms with van der Waals surface area (Å²) in [6.07, 6.45) is 0. The molecule has 2 rings (SSSR count). The van der Waals surface area contributed by atoms with Crippen LogP contribution in [0.3, 0.4) is 0 Å². The van der Waals surface area contributed by atoms with Gasteiger partial charge in [-0.15, -0.1) is 0 Å². The number of para-hydroxylation sites is 1. The Morgan fingerprint density at radius 1 is 1.35 bits per heavy atom. The van der Waals surface area contributed by atoms with Crippen LogP contribution in [0.1, 0.15) is 17.3 Å². The van der Waals surface area contributed by atoms with E-state index in [0.717, 1.165) is 0 Å². The minimum absolute atomic E-state index is 0.0245. The lowest BCUT2D eigenvalue weighted by Crippen LogP contribution is -2.34. The number of hydrogen-bond acceptors (Lipinski definition) is 4. The van der Waals surface area contributed by atoms with Crippen LogP contribution < -0.4 is 10.9 Å². The zero-order valence-electron chi connectivity index (χ0n) is 11.1. The number of aliphatic hydroxyl groups is 1. The lowest BCUT2D eigenvalue weighted by Gasteiger charge is -2.13. The third-order valence-corrected chi connectivity index (χ3v) is 3.09. The Labute approximate surface area is 115 Å². The summed E-state index contributed by atoms with van der Waals surface area (Å²) < 4.78 is 1.43. The molecule has 1 heterocycles. The molecule has 0 aliphatic heterocycles. The lowest BCUT2D eigenvalue weighted by molar-refractivity contribution is 0.0940. The molecule has 0 aliphatic rings. The maximum atomic E-state index is 12.3. The molecule has 106 valence electrons. The van der Waals surface area contributed by atoms with Gasteiger partial charge in [0, 0.05) is 18.5 Å². The Morgan fingerprint density at radius 2 is 2.05 bits per heavy atom. The van der Waals surface area contributed by atoms with Gasteiger partial charge in [0.1, 0.15) is 11.3 Å². The van der Waals surface area contributed by atoms with Gasteiger partial charge in [0.2, 0.25) is 0 Å². The predicted octanol–water partition coefficient (Wildman–Crippen LogP) is 0.449. The van der Waals surface area contributed by atoms with Gasteiger partial charge in [-0.1, -0.05) is 12.1 Å². The van der Waals surface area contributed by atoms with Gasteiger partial charge in [-0.2, -0.15) is 0 Å². The van der Waals surface area contributed by atoms with E-state index in [-0.39, 0.29) is 24.5 Å². The van der Waals surface area contributed by atoms with Crippen molar-refractivity contribution in [3.8, 4) is 5.75 Å². The largest absolute Gasteiger partial charge is 0.506 e. The van der Waals surface area contributed by atoms with Gasteiger partial charge in [-0.3, -0.25) is 9.59 Å². The number of hydrogen-bond donors (Lipinski definition) is 3. The van der Waals surface area contributed by atoms with Gasteiger partial charge in [0.25, 0.3) is 11.5 Å². The molecule has 2 aromatic rings. The molecule has 1 aromatic heterocycles. The summed E-state index contributed by atoms with van der Waals surface area (Å²) in [5.74, 6) is -1.01. The van der Waals surface area contributed by atoms with E-state index in [4.69, 9.17) is 5.11 Å². The number of fused-ring (bicyclic) bond motifs is 1. The Bertz CT molecular complexity index is 706. The van der Waals surface area contributed by atoms with Gasteiger partial charge in [-0.05, 0) is 19.1 Å². The van der Waals surface area contributed by atoms with Crippen molar-refractivity contribution in [1.29, 1.82) is 0 Å². The van der Waals surface area contributed by atoms with Crippen LogP contribution in [0.15, 0.2) is 29.1 Å². The first-order chi connectivity index (χ1) is 9.61.